The third-order valence-corrected chi connectivity index (χ3v) is 4.41. The molecule has 2 aromatic carbocycles. The van der Waals surface area contributed by atoms with Crippen LogP contribution in [0.1, 0.15) is 51.2 Å². The van der Waals surface area contributed by atoms with Gasteiger partial charge in [0.05, 0.1) is 6.61 Å². The highest BCUT2D eigenvalue weighted by atomic mass is 16.5. The van der Waals surface area contributed by atoms with E-state index in [0.717, 1.165) is 29.9 Å². The Morgan fingerprint density at radius 2 is 1.67 bits per heavy atom. The standard InChI is InChI=1S/C23H31NO3/c1-5-26-21-14-8-6-11-19(21)12-10-16-24-23(25)18(4)27-22-15-9-7-13-20(22)17(2)3/h6-9,11,13-15,17-18H,5,10,12,16H2,1-4H3,(H,24,25)/t18-/m0/s1. The maximum atomic E-state index is 12.3. The molecule has 0 saturated carbocycles. The number of amides is 1. The Morgan fingerprint density at radius 1 is 1.00 bits per heavy atom. The fourth-order valence-electron chi connectivity index (χ4n) is 2.95. The number of ether oxygens (including phenoxy) is 2. The number of aryl methyl sites for hydroxylation is 1. The molecule has 27 heavy (non-hydrogen) atoms. The van der Waals surface area contributed by atoms with Gasteiger partial charge in [-0.3, -0.25) is 4.79 Å². The molecule has 0 aliphatic rings. The molecule has 0 aromatic heterocycles. The van der Waals surface area contributed by atoms with Crippen LogP contribution in [-0.4, -0.2) is 25.2 Å². The van der Waals surface area contributed by atoms with Crippen molar-refractivity contribution in [2.24, 2.45) is 0 Å². The summed E-state index contributed by atoms with van der Waals surface area (Å²) in [6, 6.07) is 15.9. The SMILES string of the molecule is CCOc1ccccc1CCCNC(=O)[C@H](C)Oc1ccccc1C(C)C. The molecule has 0 heterocycles. The van der Waals surface area contributed by atoms with Crippen LogP contribution < -0.4 is 14.8 Å². The number of hydrogen-bond acceptors (Lipinski definition) is 3. The van der Waals surface area contributed by atoms with Crippen molar-refractivity contribution < 1.29 is 14.3 Å². The lowest BCUT2D eigenvalue weighted by Crippen LogP contribution is -2.37. The normalized spacial score (nSPS) is 11.9. The lowest BCUT2D eigenvalue weighted by molar-refractivity contribution is -0.127. The van der Waals surface area contributed by atoms with Crippen molar-refractivity contribution in [2.45, 2.75) is 52.6 Å². The first-order chi connectivity index (χ1) is 13.0. The van der Waals surface area contributed by atoms with Gasteiger partial charge in [0, 0.05) is 6.54 Å². The van der Waals surface area contributed by atoms with Crippen molar-refractivity contribution in [3.05, 3.63) is 59.7 Å². The molecule has 2 aromatic rings. The van der Waals surface area contributed by atoms with Crippen LogP contribution in [-0.2, 0) is 11.2 Å². The second-order valence-electron chi connectivity index (χ2n) is 6.89. The van der Waals surface area contributed by atoms with Gasteiger partial charge in [0.15, 0.2) is 6.10 Å². The molecule has 2 rings (SSSR count). The number of carbonyl (C=O) groups is 1. The van der Waals surface area contributed by atoms with Crippen LogP contribution in [0.5, 0.6) is 11.5 Å². The van der Waals surface area contributed by atoms with Gasteiger partial charge >= 0.3 is 0 Å². The summed E-state index contributed by atoms with van der Waals surface area (Å²) in [7, 11) is 0. The molecule has 0 saturated heterocycles. The monoisotopic (exact) mass is 369 g/mol. The van der Waals surface area contributed by atoms with E-state index in [9.17, 15) is 4.79 Å². The summed E-state index contributed by atoms with van der Waals surface area (Å²) in [5, 5.41) is 2.97. The number of benzene rings is 2. The third-order valence-electron chi connectivity index (χ3n) is 4.41. The Hall–Kier alpha value is -2.49. The van der Waals surface area contributed by atoms with Crippen LogP contribution in [0.25, 0.3) is 0 Å². The van der Waals surface area contributed by atoms with E-state index in [-0.39, 0.29) is 5.91 Å². The Balaban J connectivity index is 1.81. The van der Waals surface area contributed by atoms with Crippen molar-refractivity contribution in [1.82, 2.24) is 5.32 Å². The topological polar surface area (TPSA) is 47.6 Å². The predicted octanol–water partition coefficient (Wildman–Crippen LogP) is 4.73. The smallest absolute Gasteiger partial charge is 0.260 e. The second-order valence-corrected chi connectivity index (χ2v) is 6.89. The van der Waals surface area contributed by atoms with Crippen LogP contribution in [0, 0.1) is 0 Å². The maximum absolute atomic E-state index is 12.3. The minimum atomic E-state index is -0.527. The van der Waals surface area contributed by atoms with E-state index in [0.29, 0.717) is 19.1 Å². The van der Waals surface area contributed by atoms with E-state index in [2.05, 4.69) is 25.2 Å². The van der Waals surface area contributed by atoms with E-state index in [1.165, 1.54) is 5.56 Å². The minimum Gasteiger partial charge on any atom is -0.494 e. The highest BCUT2D eigenvalue weighted by Gasteiger charge is 2.16. The maximum Gasteiger partial charge on any atom is 0.260 e. The molecular formula is C23H31NO3. The van der Waals surface area contributed by atoms with E-state index < -0.39 is 6.10 Å². The fraction of sp³-hybridized carbons (Fsp3) is 0.435. The van der Waals surface area contributed by atoms with Crippen LogP contribution >= 0.6 is 0 Å². The molecule has 0 aliphatic heterocycles. The van der Waals surface area contributed by atoms with Gasteiger partial charge in [-0.25, -0.2) is 0 Å². The largest absolute Gasteiger partial charge is 0.494 e. The molecule has 1 atom stereocenters. The molecule has 4 nitrogen and oxygen atoms in total. The van der Waals surface area contributed by atoms with Gasteiger partial charge in [0.2, 0.25) is 0 Å². The Kier molecular flexibility index (Phi) is 8.18. The first-order valence-corrected chi connectivity index (χ1v) is 9.77. The van der Waals surface area contributed by atoms with Crippen molar-refractivity contribution in [3.63, 3.8) is 0 Å². The van der Waals surface area contributed by atoms with E-state index in [1.54, 1.807) is 6.92 Å². The predicted molar refractivity (Wildman–Crippen MR) is 110 cm³/mol. The van der Waals surface area contributed by atoms with Crippen LogP contribution in [0.15, 0.2) is 48.5 Å². The molecule has 146 valence electrons. The molecule has 0 radical (unpaired) electrons. The highest BCUT2D eigenvalue weighted by molar-refractivity contribution is 5.80. The van der Waals surface area contributed by atoms with Gasteiger partial charge in [0.25, 0.3) is 5.91 Å². The van der Waals surface area contributed by atoms with E-state index in [1.807, 2.05) is 49.4 Å². The Morgan fingerprint density at radius 3 is 2.37 bits per heavy atom. The molecule has 4 heteroatoms. The summed E-state index contributed by atoms with van der Waals surface area (Å²) < 4.78 is 11.5. The average molecular weight is 370 g/mol. The molecule has 1 N–H and O–H groups in total. The zero-order valence-corrected chi connectivity index (χ0v) is 16.8. The number of nitrogens with one attached hydrogen (secondary N) is 1. The summed E-state index contributed by atoms with van der Waals surface area (Å²) in [5.41, 5.74) is 2.29. The molecule has 0 unspecified atom stereocenters. The van der Waals surface area contributed by atoms with Crippen LogP contribution in [0.4, 0.5) is 0 Å². The van der Waals surface area contributed by atoms with Crippen molar-refractivity contribution in [3.8, 4) is 11.5 Å². The Bertz CT molecular complexity index is 727. The first-order valence-electron chi connectivity index (χ1n) is 9.77. The van der Waals surface area contributed by atoms with Gasteiger partial charge in [0.1, 0.15) is 11.5 Å². The first kappa shape index (κ1) is 20.8. The zero-order valence-electron chi connectivity index (χ0n) is 16.8. The van der Waals surface area contributed by atoms with Crippen molar-refractivity contribution >= 4 is 5.91 Å². The molecule has 0 spiro atoms. The molecule has 0 aliphatic carbocycles. The molecule has 0 bridgehead atoms. The summed E-state index contributed by atoms with van der Waals surface area (Å²) in [4.78, 5) is 12.3. The average Bonchev–Trinajstić information content (AvgIpc) is 2.66. The van der Waals surface area contributed by atoms with Crippen LogP contribution in [0.3, 0.4) is 0 Å². The molecule has 1 amide bonds. The van der Waals surface area contributed by atoms with Gasteiger partial charge in [-0.15, -0.1) is 0 Å². The summed E-state index contributed by atoms with van der Waals surface area (Å²) in [6.07, 6.45) is 1.19. The number of rotatable bonds is 10. The lowest BCUT2D eigenvalue weighted by Gasteiger charge is -2.18. The number of para-hydroxylation sites is 2. The van der Waals surface area contributed by atoms with Gasteiger partial charge in [-0.05, 0) is 55.9 Å². The second kappa shape index (κ2) is 10.6. The fourth-order valence-corrected chi connectivity index (χ4v) is 2.95. The van der Waals surface area contributed by atoms with Gasteiger partial charge in [-0.2, -0.15) is 0 Å². The molecule has 0 fully saturated rings. The van der Waals surface area contributed by atoms with Crippen LogP contribution in [0.2, 0.25) is 0 Å². The Labute approximate surface area is 162 Å². The molecular weight excluding hydrogens is 338 g/mol. The number of carbonyl (C=O) groups excluding carboxylic acids is 1. The summed E-state index contributed by atoms with van der Waals surface area (Å²) >= 11 is 0. The van der Waals surface area contributed by atoms with E-state index in [4.69, 9.17) is 9.47 Å². The summed E-state index contributed by atoms with van der Waals surface area (Å²) in [5.74, 6) is 1.96. The quantitative estimate of drug-likeness (QED) is 0.616. The van der Waals surface area contributed by atoms with Gasteiger partial charge < -0.3 is 14.8 Å². The highest BCUT2D eigenvalue weighted by Crippen LogP contribution is 2.26. The number of hydrogen-bond donors (Lipinski definition) is 1. The van der Waals surface area contributed by atoms with Crippen molar-refractivity contribution in [1.29, 1.82) is 0 Å². The van der Waals surface area contributed by atoms with E-state index >= 15 is 0 Å². The van der Waals surface area contributed by atoms with Gasteiger partial charge in [-0.1, -0.05) is 50.2 Å². The minimum absolute atomic E-state index is 0.0911. The zero-order chi connectivity index (χ0) is 19.6. The lowest BCUT2D eigenvalue weighted by atomic mass is 10.0. The third kappa shape index (κ3) is 6.31. The summed E-state index contributed by atoms with van der Waals surface area (Å²) in [6.45, 7) is 9.27. The van der Waals surface area contributed by atoms with Crippen molar-refractivity contribution in [2.75, 3.05) is 13.2 Å².